The van der Waals surface area contributed by atoms with Crippen molar-refractivity contribution in [2.45, 2.75) is 25.3 Å². The van der Waals surface area contributed by atoms with Crippen LogP contribution in [-0.2, 0) is 22.1 Å². The zero-order chi connectivity index (χ0) is 15.6. The third kappa shape index (κ3) is 3.42. The van der Waals surface area contributed by atoms with Gasteiger partial charge in [0.1, 0.15) is 0 Å². The highest BCUT2D eigenvalue weighted by atomic mass is 32.2. The largest absolute Gasteiger partial charge is 0.349 e. The second-order valence-corrected chi connectivity index (χ2v) is 8.10. The summed E-state index contributed by atoms with van der Waals surface area (Å²) in [4.78, 5) is 2.26. The van der Waals surface area contributed by atoms with Crippen molar-refractivity contribution >= 4 is 9.84 Å². The molecular weight excluding hydrogens is 296 g/mol. The summed E-state index contributed by atoms with van der Waals surface area (Å²) in [6, 6.07) is 13.9. The topological polar surface area (TPSA) is 42.3 Å². The molecule has 2 heterocycles. The van der Waals surface area contributed by atoms with Gasteiger partial charge in [0, 0.05) is 37.6 Å². The summed E-state index contributed by atoms with van der Waals surface area (Å²) in [7, 11) is -3.07. The standard InChI is InChI=1S/C17H22N2O2S/c1-15-17-8-5-9-19(17)11-10-18(15)12-13-22(20,21)14-16-6-3-2-4-7-16/h2-9,15H,10-14H2,1H3/t15-/m0/s1. The molecule has 2 aromatic rings. The molecule has 0 radical (unpaired) electrons. The molecule has 4 nitrogen and oxygen atoms in total. The highest BCUT2D eigenvalue weighted by Gasteiger charge is 2.24. The van der Waals surface area contributed by atoms with Crippen molar-refractivity contribution in [1.82, 2.24) is 9.47 Å². The first-order chi connectivity index (χ1) is 10.6. The molecule has 0 saturated heterocycles. The van der Waals surface area contributed by atoms with Crippen LogP contribution >= 0.6 is 0 Å². The minimum absolute atomic E-state index is 0.131. The van der Waals surface area contributed by atoms with E-state index in [2.05, 4.69) is 34.7 Å². The van der Waals surface area contributed by atoms with Crippen LogP contribution < -0.4 is 0 Å². The normalized spacial score (nSPS) is 19.0. The molecule has 118 valence electrons. The zero-order valence-corrected chi connectivity index (χ0v) is 13.7. The molecular formula is C17H22N2O2S. The van der Waals surface area contributed by atoms with Gasteiger partial charge < -0.3 is 4.57 Å². The number of aromatic nitrogens is 1. The Hall–Kier alpha value is -1.59. The molecule has 0 spiro atoms. The Labute approximate surface area is 132 Å². The van der Waals surface area contributed by atoms with Crippen LogP contribution in [0.5, 0.6) is 0 Å². The van der Waals surface area contributed by atoms with E-state index < -0.39 is 9.84 Å². The predicted molar refractivity (Wildman–Crippen MR) is 88.4 cm³/mol. The molecule has 0 aliphatic carbocycles. The van der Waals surface area contributed by atoms with Gasteiger partial charge in [0.15, 0.2) is 9.84 Å². The first kappa shape index (κ1) is 15.3. The number of sulfone groups is 1. The lowest BCUT2D eigenvalue weighted by molar-refractivity contribution is 0.179. The maximum absolute atomic E-state index is 12.3. The van der Waals surface area contributed by atoms with Gasteiger partial charge in [0.25, 0.3) is 0 Å². The fraction of sp³-hybridized carbons (Fsp3) is 0.412. The van der Waals surface area contributed by atoms with E-state index in [4.69, 9.17) is 0 Å². The van der Waals surface area contributed by atoms with E-state index in [0.29, 0.717) is 6.54 Å². The van der Waals surface area contributed by atoms with Crippen molar-refractivity contribution in [3.63, 3.8) is 0 Å². The number of nitrogens with zero attached hydrogens (tertiary/aromatic N) is 2. The Morgan fingerprint density at radius 1 is 1.09 bits per heavy atom. The van der Waals surface area contributed by atoms with Gasteiger partial charge in [0.2, 0.25) is 0 Å². The lowest BCUT2D eigenvalue weighted by atomic mass is 10.1. The van der Waals surface area contributed by atoms with Crippen molar-refractivity contribution in [2.75, 3.05) is 18.8 Å². The molecule has 0 amide bonds. The Morgan fingerprint density at radius 2 is 1.86 bits per heavy atom. The van der Waals surface area contributed by atoms with Crippen LogP contribution in [-0.4, -0.2) is 36.7 Å². The molecule has 0 fully saturated rings. The average molecular weight is 318 g/mol. The van der Waals surface area contributed by atoms with Crippen molar-refractivity contribution in [3.05, 3.63) is 59.9 Å². The summed E-state index contributed by atoms with van der Waals surface area (Å²) in [5.41, 5.74) is 2.13. The van der Waals surface area contributed by atoms with Gasteiger partial charge in [-0.2, -0.15) is 0 Å². The Bertz CT molecular complexity index is 722. The predicted octanol–water partition coefficient (Wildman–Crippen LogP) is 2.48. The van der Waals surface area contributed by atoms with E-state index in [-0.39, 0.29) is 17.5 Å². The number of hydrogen-bond acceptors (Lipinski definition) is 3. The maximum atomic E-state index is 12.3. The van der Waals surface area contributed by atoms with E-state index in [1.54, 1.807) is 0 Å². The van der Waals surface area contributed by atoms with E-state index >= 15 is 0 Å². The van der Waals surface area contributed by atoms with Gasteiger partial charge in [0.05, 0.1) is 11.5 Å². The molecule has 1 aromatic carbocycles. The van der Waals surface area contributed by atoms with E-state index in [0.717, 1.165) is 18.7 Å². The monoisotopic (exact) mass is 318 g/mol. The molecule has 0 saturated carbocycles. The van der Waals surface area contributed by atoms with Crippen LogP contribution in [0.4, 0.5) is 0 Å². The van der Waals surface area contributed by atoms with Crippen molar-refractivity contribution < 1.29 is 8.42 Å². The van der Waals surface area contributed by atoms with E-state index in [1.807, 2.05) is 30.3 Å². The Kier molecular flexibility index (Phi) is 4.36. The lowest BCUT2D eigenvalue weighted by Crippen LogP contribution is -2.39. The number of benzene rings is 1. The first-order valence-electron chi connectivity index (χ1n) is 7.68. The summed E-state index contributed by atoms with van der Waals surface area (Å²) in [5.74, 6) is 0.347. The molecule has 5 heteroatoms. The van der Waals surface area contributed by atoms with Crippen LogP contribution in [0.25, 0.3) is 0 Å². The smallest absolute Gasteiger partial charge is 0.155 e. The third-order valence-corrected chi connectivity index (χ3v) is 5.97. The number of fused-ring (bicyclic) bond motifs is 1. The van der Waals surface area contributed by atoms with Gasteiger partial charge in [-0.15, -0.1) is 0 Å². The zero-order valence-electron chi connectivity index (χ0n) is 12.9. The summed E-state index contributed by atoms with van der Waals surface area (Å²) < 4.78 is 26.9. The third-order valence-electron chi connectivity index (χ3n) is 4.39. The van der Waals surface area contributed by atoms with Crippen molar-refractivity contribution in [1.29, 1.82) is 0 Å². The fourth-order valence-electron chi connectivity index (χ4n) is 3.09. The highest BCUT2D eigenvalue weighted by molar-refractivity contribution is 7.90. The minimum atomic E-state index is -3.07. The van der Waals surface area contributed by atoms with Crippen LogP contribution in [0, 0.1) is 0 Å². The van der Waals surface area contributed by atoms with Crippen LogP contribution in [0.3, 0.4) is 0 Å². The van der Waals surface area contributed by atoms with E-state index in [9.17, 15) is 8.42 Å². The molecule has 0 unspecified atom stereocenters. The van der Waals surface area contributed by atoms with Crippen molar-refractivity contribution in [3.8, 4) is 0 Å². The molecule has 0 bridgehead atoms. The first-order valence-corrected chi connectivity index (χ1v) is 9.51. The number of hydrogen-bond donors (Lipinski definition) is 0. The maximum Gasteiger partial charge on any atom is 0.155 e. The Balaban J connectivity index is 1.61. The van der Waals surface area contributed by atoms with Crippen LogP contribution in [0.1, 0.15) is 24.2 Å². The molecule has 1 aromatic heterocycles. The van der Waals surface area contributed by atoms with Crippen LogP contribution in [0.2, 0.25) is 0 Å². The Morgan fingerprint density at radius 3 is 2.64 bits per heavy atom. The van der Waals surface area contributed by atoms with Gasteiger partial charge in [-0.3, -0.25) is 4.90 Å². The van der Waals surface area contributed by atoms with Crippen LogP contribution in [0.15, 0.2) is 48.7 Å². The number of rotatable bonds is 5. The molecule has 1 aliphatic rings. The van der Waals surface area contributed by atoms with Gasteiger partial charge in [-0.25, -0.2) is 8.42 Å². The lowest BCUT2D eigenvalue weighted by Gasteiger charge is -2.34. The quantitative estimate of drug-likeness (QED) is 0.850. The van der Waals surface area contributed by atoms with E-state index in [1.165, 1.54) is 5.69 Å². The molecule has 22 heavy (non-hydrogen) atoms. The highest BCUT2D eigenvalue weighted by Crippen LogP contribution is 2.25. The second kappa shape index (κ2) is 6.26. The summed E-state index contributed by atoms with van der Waals surface area (Å²) in [6.07, 6.45) is 2.09. The average Bonchev–Trinajstić information content (AvgIpc) is 2.96. The summed E-state index contributed by atoms with van der Waals surface area (Å²) in [6.45, 7) is 4.59. The summed E-state index contributed by atoms with van der Waals surface area (Å²) >= 11 is 0. The van der Waals surface area contributed by atoms with Gasteiger partial charge in [-0.1, -0.05) is 30.3 Å². The van der Waals surface area contributed by atoms with Gasteiger partial charge in [-0.05, 0) is 24.6 Å². The second-order valence-electron chi connectivity index (χ2n) is 5.92. The van der Waals surface area contributed by atoms with Gasteiger partial charge >= 0.3 is 0 Å². The minimum Gasteiger partial charge on any atom is -0.349 e. The molecule has 1 aliphatic heterocycles. The molecule has 0 N–H and O–H groups in total. The summed E-state index contributed by atoms with van der Waals surface area (Å²) in [5, 5.41) is 0. The molecule has 1 atom stereocenters. The fourth-order valence-corrected chi connectivity index (χ4v) is 4.45. The van der Waals surface area contributed by atoms with Crippen molar-refractivity contribution in [2.24, 2.45) is 0 Å². The SMILES string of the molecule is C[C@H]1c2cccn2CCN1CCS(=O)(=O)Cc1ccccc1. The molecule has 3 rings (SSSR count).